The van der Waals surface area contributed by atoms with Crippen LogP contribution in [0.4, 0.5) is 0 Å². The summed E-state index contributed by atoms with van der Waals surface area (Å²) in [6.45, 7) is 7.51. The minimum absolute atomic E-state index is 0.364. The fourth-order valence-electron chi connectivity index (χ4n) is 3.13. The van der Waals surface area contributed by atoms with E-state index in [-0.39, 0.29) is 0 Å². The summed E-state index contributed by atoms with van der Waals surface area (Å²) in [4.78, 5) is 6.68. The number of benzene rings is 1. The van der Waals surface area contributed by atoms with Gasteiger partial charge in [-0.15, -0.1) is 0 Å². The molecule has 1 saturated heterocycles. The maximum atomic E-state index is 8.94. The summed E-state index contributed by atoms with van der Waals surface area (Å²) < 4.78 is 5.93. The molecule has 0 aliphatic carbocycles. The molecule has 4 heteroatoms. The van der Waals surface area contributed by atoms with Crippen molar-refractivity contribution in [2.24, 2.45) is 0 Å². The molecule has 1 fully saturated rings. The molecule has 0 bridgehead atoms. The predicted octanol–water partition coefficient (Wildman–Crippen LogP) is 3.96. The summed E-state index contributed by atoms with van der Waals surface area (Å²) in [5, 5.41) is 8.94. The van der Waals surface area contributed by atoms with E-state index >= 15 is 0 Å². The van der Waals surface area contributed by atoms with Crippen LogP contribution in [0, 0.1) is 25.2 Å². The normalized spacial score (nSPS) is 14.7. The molecule has 3 rings (SSSR count). The van der Waals surface area contributed by atoms with E-state index in [2.05, 4.69) is 35.9 Å². The molecular formula is C19H21N3O. The maximum Gasteiger partial charge on any atom is 0.220 e. The van der Waals surface area contributed by atoms with Crippen LogP contribution >= 0.6 is 0 Å². The van der Waals surface area contributed by atoms with Gasteiger partial charge in [0.25, 0.3) is 0 Å². The second kappa shape index (κ2) is 6.80. The van der Waals surface area contributed by atoms with Gasteiger partial charge >= 0.3 is 0 Å². The molecule has 0 saturated carbocycles. The lowest BCUT2D eigenvalue weighted by Crippen LogP contribution is -2.18. The number of hydrogen-bond donors (Lipinski definition) is 0. The number of nitriles is 1. The van der Waals surface area contributed by atoms with Gasteiger partial charge in [0.2, 0.25) is 5.88 Å². The van der Waals surface area contributed by atoms with Crippen LogP contribution in [0.2, 0.25) is 0 Å². The van der Waals surface area contributed by atoms with Crippen LogP contribution in [0.25, 0.3) is 0 Å². The summed E-state index contributed by atoms with van der Waals surface area (Å²) in [6, 6.07) is 11.6. The lowest BCUT2D eigenvalue weighted by Gasteiger charge is -2.17. The zero-order valence-corrected chi connectivity index (χ0v) is 13.7. The van der Waals surface area contributed by atoms with Crippen LogP contribution in [0.15, 0.2) is 30.3 Å². The second-order valence-corrected chi connectivity index (χ2v) is 6.12. The van der Waals surface area contributed by atoms with Gasteiger partial charge in [-0.2, -0.15) is 5.26 Å². The molecule has 4 nitrogen and oxygen atoms in total. The van der Waals surface area contributed by atoms with Gasteiger partial charge in [0.15, 0.2) is 0 Å². The summed E-state index contributed by atoms with van der Waals surface area (Å²) in [7, 11) is 0. The average Bonchev–Trinajstić information content (AvgIpc) is 3.04. The minimum atomic E-state index is 0.364. The predicted molar refractivity (Wildman–Crippen MR) is 89.5 cm³/mol. The molecule has 2 heterocycles. The minimum Gasteiger partial charge on any atom is -0.438 e. The smallest absolute Gasteiger partial charge is 0.220 e. The third-order valence-electron chi connectivity index (χ3n) is 4.17. The van der Waals surface area contributed by atoms with Crippen LogP contribution in [0.3, 0.4) is 0 Å². The molecular weight excluding hydrogens is 286 g/mol. The van der Waals surface area contributed by atoms with E-state index in [1.165, 1.54) is 31.5 Å². The van der Waals surface area contributed by atoms with Crippen LogP contribution in [0.5, 0.6) is 11.6 Å². The Labute approximate surface area is 137 Å². The molecule has 0 unspecified atom stereocenters. The van der Waals surface area contributed by atoms with Crippen molar-refractivity contribution in [3.8, 4) is 17.7 Å². The van der Waals surface area contributed by atoms with Gasteiger partial charge in [0.05, 0.1) is 0 Å². The largest absolute Gasteiger partial charge is 0.438 e. The summed E-state index contributed by atoms with van der Waals surface area (Å²) in [5.41, 5.74) is 3.89. The molecule has 1 aromatic heterocycles. The molecule has 0 radical (unpaired) electrons. The molecule has 1 aromatic carbocycles. The van der Waals surface area contributed by atoms with Crippen molar-refractivity contribution < 1.29 is 4.74 Å². The number of rotatable bonds is 4. The molecule has 118 valence electrons. The Morgan fingerprint density at radius 2 is 1.87 bits per heavy atom. The lowest BCUT2D eigenvalue weighted by atomic mass is 10.1. The number of nitrogens with zero attached hydrogens (tertiary/aromatic N) is 3. The first-order chi connectivity index (χ1) is 11.2. The Morgan fingerprint density at radius 1 is 1.17 bits per heavy atom. The van der Waals surface area contributed by atoms with Crippen molar-refractivity contribution in [3.63, 3.8) is 0 Å². The Kier molecular flexibility index (Phi) is 4.59. The highest BCUT2D eigenvalue weighted by Gasteiger charge is 2.14. The molecule has 1 aliphatic rings. The quantitative estimate of drug-likeness (QED) is 0.858. The zero-order chi connectivity index (χ0) is 16.2. The summed E-state index contributed by atoms with van der Waals surface area (Å²) in [5.74, 6) is 1.29. The van der Waals surface area contributed by atoms with E-state index in [9.17, 15) is 0 Å². The number of hydrogen-bond acceptors (Lipinski definition) is 4. The van der Waals surface area contributed by atoms with Gasteiger partial charge in [-0.25, -0.2) is 4.98 Å². The lowest BCUT2D eigenvalue weighted by molar-refractivity contribution is 0.331. The topological polar surface area (TPSA) is 49.1 Å². The highest BCUT2D eigenvalue weighted by molar-refractivity contribution is 5.45. The van der Waals surface area contributed by atoms with Crippen molar-refractivity contribution in [3.05, 3.63) is 52.7 Å². The van der Waals surface area contributed by atoms with Crippen molar-refractivity contribution >= 4 is 0 Å². The zero-order valence-electron chi connectivity index (χ0n) is 13.7. The van der Waals surface area contributed by atoms with Crippen LogP contribution in [0.1, 0.15) is 35.2 Å². The van der Waals surface area contributed by atoms with Gasteiger partial charge in [0, 0.05) is 12.6 Å². The Balaban J connectivity index is 1.80. The van der Waals surface area contributed by atoms with E-state index < -0.39 is 0 Å². The van der Waals surface area contributed by atoms with Gasteiger partial charge in [-0.1, -0.05) is 18.2 Å². The molecule has 0 N–H and O–H groups in total. The van der Waals surface area contributed by atoms with E-state index in [0.717, 1.165) is 23.4 Å². The first-order valence-corrected chi connectivity index (χ1v) is 8.03. The molecule has 0 atom stereocenters. The second-order valence-electron chi connectivity index (χ2n) is 6.12. The maximum absolute atomic E-state index is 8.94. The van der Waals surface area contributed by atoms with Crippen LogP contribution in [-0.4, -0.2) is 23.0 Å². The number of likely N-dealkylation sites (tertiary alicyclic amines) is 1. The van der Waals surface area contributed by atoms with Gasteiger partial charge in [-0.05, 0) is 62.5 Å². The Hall–Kier alpha value is -2.38. The van der Waals surface area contributed by atoms with Gasteiger partial charge in [-0.3, -0.25) is 4.90 Å². The van der Waals surface area contributed by atoms with Gasteiger partial charge in [0.1, 0.15) is 17.5 Å². The van der Waals surface area contributed by atoms with Crippen LogP contribution in [-0.2, 0) is 6.54 Å². The van der Waals surface area contributed by atoms with Crippen molar-refractivity contribution in [1.82, 2.24) is 9.88 Å². The van der Waals surface area contributed by atoms with Crippen molar-refractivity contribution in [2.45, 2.75) is 33.2 Å². The molecule has 0 spiro atoms. The van der Waals surface area contributed by atoms with Gasteiger partial charge < -0.3 is 4.74 Å². The summed E-state index contributed by atoms with van der Waals surface area (Å²) >= 11 is 0. The molecule has 2 aromatic rings. The standard InChI is InChI=1S/C19H21N3O/c1-14-10-16(13-22-8-3-4-9-22)11-15(2)19(14)23-18-7-5-6-17(12-20)21-18/h5-7,10-11H,3-4,8-9,13H2,1-2H3. The third-order valence-corrected chi connectivity index (χ3v) is 4.17. The third kappa shape index (κ3) is 3.69. The van der Waals surface area contributed by atoms with E-state index in [4.69, 9.17) is 10.00 Å². The van der Waals surface area contributed by atoms with Crippen molar-refractivity contribution in [2.75, 3.05) is 13.1 Å². The average molecular weight is 307 g/mol. The molecule has 1 aliphatic heterocycles. The van der Waals surface area contributed by atoms with Crippen LogP contribution < -0.4 is 4.74 Å². The monoisotopic (exact) mass is 307 g/mol. The number of pyridine rings is 1. The van der Waals surface area contributed by atoms with E-state index in [1.54, 1.807) is 18.2 Å². The first kappa shape index (κ1) is 15.5. The fraction of sp³-hybridized carbons (Fsp3) is 0.368. The van der Waals surface area contributed by atoms with E-state index in [0.29, 0.717) is 11.6 Å². The Morgan fingerprint density at radius 3 is 2.52 bits per heavy atom. The Bertz CT molecular complexity index is 720. The molecule has 0 amide bonds. The molecule has 23 heavy (non-hydrogen) atoms. The first-order valence-electron chi connectivity index (χ1n) is 8.03. The number of aryl methyl sites for hydroxylation is 2. The highest BCUT2D eigenvalue weighted by Crippen LogP contribution is 2.29. The number of aromatic nitrogens is 1. The summed E-state index contributed by atoms with van der Waals surface area (Å²) in [6.07, 6.45) is 2.61. The fourth-order valence-corrected chi connectivity index (χ4v) is 3.13. The SMILES string of the molecule is Cc1cc(CN2CCCC2)cc(C)c1Oc1cccc(C#N)n1. The number of ether oxygens (including phenoxy) is 1. The highest BCUT2D eigenvalue weighted by atomic mass is 16.5. The van der Waals surface area contributed by atoms with Crippen molar-refractivity contribution in [1.29, 1.82) is 5.26 Å². The van der Waals surface area contributed by atoms with E-state index in [1.807, 2.05) is 6.07 Å².